The van der Waals surface area contributed by atoms with Crippen LogP contribution in [0.15, 0.2) is 0 Å². The predicted octanol–water partition coefficient (Wildman–Crippen LogP) is 4.99. The summed E-state index contributed by atoms with van der Waals surface area (Å²) in [4.78, 5) is 8.89. The van der Waals surface area contributed by atoms with Crippen LogP contribution in [0.3, 0.4) is 0 Å². The lowest BCUT2D eigenvalue weighted by molar-refractivity contribution is -0.870. The van der Waals surface area contributed by atoms with E-state index >= 15 is 0 Å². The van der Waals surface area contributed by atoms with E-state index in [9.17, 15) is 0 Å². The average molecular weight is 596 g/mol. The third-order valence-electron chi connectivity index (χ3n) is 6.36. The molecule has 0 radical (unpaired) electrons. The molecule has 0 unspecified atom stereocenters. The first-order valence-corrected chi connectivity index (χ1v) is 15.6. The molecule has 228 valence electrons. The van der Waals surface area contributed by atoms with Crippen LogP contribution < -0.4 is 22.1 Å². The lowest BCUT2D eigenvalue weighted by Crippen LogP contribution is -3.00. The molecule has 0 amide bonds. The number of halogens is 1. The molecule has 0 aromatic heterocycles. The summed E-state index contributed by atoms with van der Waals surface area (Å²) >= 11 is 0. The standard InChI is InChI=1S/2C15H34N.C2H4O2.BrH/c2*1-5-6-7-8-9-10-11-12-13-14-15-16(2,3)4;1-2(3)4;/h2*5-15H2,1-4H3;1H3,(H,3,4);1H/q2*+1;;/p-2. The molecule has 0 saturated heterocycles. The van der Waals surface area contributed by atoms with E-state index in [4.69, 9.17) is 9.90 Å². The van der Waals surface area contributed by atoms with Crippen molar-refractivity contribution in [3.05, 3.63) is 0 Å². The lowest BCUT2D eigenvalue weighted by Gasteiger charge is -2.23. The molecule has 0 N–H and O–H groups in total. The fourth-order valence-electron chi connectivity index (χ4n) is 4.15. The fraction of sp³-hybridized carbons (Fsp3) is 0.969. The van der Waals surface area contributed by atoms with Gasteiger partial charge in [0, 0.05) is 5.97 Å². The van der Waals surface area contributed by atoms with Crippen LogP contribution in [-0.2, 0) is 4.79 Å². The summed E-state index contributed by atoms with van der Waals surface area (Å²) < 4.78 is 2.24. The Labute approximate surface area is 245 Å². The van der Waals surface area contributed by atoms with Crippen molar-refractivity contribution >= 4 is 5.97 Å². The number of carbonyl (C=O) groups is 1. The summed E-state index contributed by atoms with van der Waals surface area (Å²) in [5.41, 5.74) is 0. The minimum Gasteiger partial charge on any atom is -1.00 e. The van der Waals surface area contributed by atoms with E-state index < -0.39 is 5.97 Å². The molecular formula is C32H71BrN2O2. The van der Waals surface area contributed by atoms with Crippen molar-refractivity contribution in [3.8, 4) is 0 Å². The van der Waals surface area contributed by atoms with Crippen LogP contribution in [0.25, 0.3) is 0 Å². The van der Waals surface area contributed by atoms with E-state index in [1.807, 2.05) is 0 Å². The fourth-order valence-corrected chi connectivity index (χ4v) is 4.15. The third kappa shape index (κ3) is 61.5. The Hall–Kier alpha value is -0.130. The monoisotopic (exact) mass is 594 g/mol. The number of carboxylic acid groups (broad SMARTS) is 1. The Morgan fingerprint density at radius 2 is 0.622 bits per heavy atom. The first-order chi connectivity index (χ1) is 16.9. The van der Waals surface area contributed by atoms with Crippen LogP contribution in [0.2, 0.25) is 0 Å². The van der Waals surface area contributed by atoms with Crippen LogP contribution in [-0.4, -0.2) is 70.3 Å². The number of quaternary nitrogens is 2. The SMILES string of the molecule is CC(=O)[O-].CCCCCCCCCCCC[N+](C)(C)C.CCCCCCCCCCCC[N+](C)(C)C.[Br-]. The van der Waals surface area contributed by atoms with Crippen LogP contribution in [0, 0.1) is 0 Å². The smallest absolute Gasteiger partial charge is 0.0780 e. The Morgan fingerprint density at radius 1 is 0.459 bits per heavy atom. The molecule has 0 aromatic carbocycles. The highest BCUT2D eigenvalue weighted by Crippen LogP contribution is 2.12. The minimum atomic E-state index is -1.08. The minimum absolute atomic E-state index is 0. The third-order valence-corrected chi connectivity index (χ3v) is 6.36. The molecule has 0 spiro atoms. The average Bonchev–Trinajstić information content (AvgIpc) is 2.75. The molecule has 0 bridgehead atoms. The second-order valence-corrected chi connectivity index (χ2v) is 12.9. The number of rotatable bonds is 22. The van der Waals surface area contributed by atoms with Gasteiger partial charge in [0.2, 0.25) is 0 Å². The molecular weight excluding hydrogens is 524 g/mol. The predicted molar refractivity (Wildman–Crippen MR) is 160 cm³/mol. The molecule has 0 atom stereocenters. The quantitative estimate of drug-likeness (QED) is 0.131. The van der Waals surface area contributed by atoms with Crippen molar-refractivity contribution in [3.63, 3.8) is 0 Å². The number of hydrogen-bond donors (Lipinski definition) is 0. The van der Waals surface area contributed by atoms with Crippen molar-refractivity contribution in [2.24, 2.45) is 0 Å². The van der Waals surface area contributed by atoms with Crippen LogP contribution in [0.4, 0.5) is 0 Å². The van der Waals surface area contributed by atoms with Crippen molar-refractivity contribution in [2.75, 3.05) is 55.4 Å². The normalized spacial score (nSPS) is 11.1. The first-order valence-electron chi connectivity index (χ1n) is 15.6. The summed E-state index contributed by atoms with van der Waals surface area (Å²) in [6, 6.07) is 0. The highest BCUT2D eigenvalue weighted by Gasteiger charge is 2.05. The molecule has 0 aromatic rings. The largest absolute Gasteiger partial charge is 1.00 e. The maximum absolute atomic E-state index is 8.89. The second-order valence-electron chi connectivity index (χ2n) is 12.9. The molecule has 4 nitrogen and oxygen atoms in total. The zero-order valence-corrected chi connectivity index (χ0v) is 28.7. The van der Waals surface area contributed by atoms with Gasteiger partial charge in [-0.15, -0.1) is 0 Å². The van der Waals surface area contributed by atoms with E-state index in [1.165, 1.54) is 142 Å². The zero-order valence-electron chi connectivity index (χ0n) is 27.1. The summed E-state index contributed by atoms with van der Waals surface area (Å²) in [7, 11) is 13.7. The van der Waals surface area contributed by atoms with E-state index in [0.29, 0.717) is 0 Å². The van der Waals surface area contributed by atoms with Gasteiger partial charge in [0.15, 0.2) is 0 Å². The molecule has 0 aliphatic heterocycles. The Kier molecular flexibility index (Phi) is 38.1. The van der Waals surface area contributed by atoms with E-state index in [1.54, 1.807) is 0 Å². The number of carboxylic acids is 1. The Bertz CT molecular complexity index is 393. The highest BCUT2D eigenvalue weighted by molar-refractivity contribution is 5.60. The summed E-state index contributed by atoms with van der Waals surface area (Å²) in [5.74, 6) is -1.08. The summed E-state index contributed by atoms with van der Waals surface area (Å²) in [6.07, 6.45) is 28.8. The van der Waals surface area contributed by atoms with Gasteiger partial charge < -0.3 is 35.8 Å². The van der Waals surface area contributed by atoms with Gasteiger partial charge in [0.05, 0.1) is 55.4 Å². The van der Waals surface area contributed by atoms with Crippen molar-refractivity contribution in [1.29, 1.82) is 0 Å². The molecule has 37 heavy (non-hydrogen) atoms. The van der Waals surface area contributed by atoms with E-state index in [0.717, 1.165) is 15.9 Å². The molecule has 0 aliphatic carbocycles. The van der Waals surface area contributed by atoms with Crippen molar-refractivity contribution in [2.45, 2.75) is 149 Å². The van der Waals surface area contributed by atoms with Gasteiger partial charge in [0.1, 0.15) is 0 Å². The molecule has 0 heterocycles. The highest BCUT2D eigenvalue weighted by atomic mass is 79.9. The van der Waals surface area contributed by atoms with Crippen LogP contribution in [0.5, 0.6) is 0 Å². The maximum Gasteiger partial charge on any atom is 0.0780 e. The maximum atomic E-state index is 8.89. The van der Waals surface area contributed by atoms with Crippen LogP contribution >= 0.6 is 0 Å². The van der Waals surface area contributed by atoms with Gasteiger partial charge >= 0.3 is 0 Å². The molecule has 0 aliphatic rings. The van der Waals surface area contributed by atoms with Crippen LogP contribution in [0.1, 0.15) is 149 Å². The number of unbranched alkanes of at least 4 members (excludes halogenated alkanes) is 18. The van der Waals surface area contributed by atoms with Crippen molar-refractivity contribution in [1.82, 2.24) is 0 Å². The molecule has 0 fully saturated rings. The van der Waals surface area contributed by atoms with Gasteiger partial charge in [-0.05, 0) is 32.6 Å². The molecule has 0 saturated carbocycles. The van der Waals surface area contributed by atoms with Crippen molar-refractivity contribution < 1.29 is 35.8 Å². The molecule has 0 rings (SSSR count). The first kappa shape index (κ1) is 43.9. The van der Waals surface area contributed by atoms with Gasteiger partial charge in [0.25, 0.3) is 0 Å². The van der Waals surface area contributed by atoms with Gasteiger partial charge in [-0.3, -0.25) is 0 Å². The summed E-state index contributed by atoms with van der Waals surface area (Å²) in [6.45, 7) is 8.20. The van der Waals surface area contributed by atoms with E-state index in [2.05, 4.69) is 56.1 Å². The van der Waals surface area contributed by atoms with Gasteiger partial charge in [-0.1, -0.05) is 117 Å². The number of nitrogens with zero attached hydrogens (tertiary/aromatic N) is 2. The number of carbonyl (C=O) groups excluding carboxylic acids is 1. The summed E-state index contributed by atoms with van der Waals surface area (Å²) in [5, 5.41) is 8.89. The zero-order chi connectivity index (χ0) is 28.1. The lowest BCUT2D eigenvalue weighted by atomic mass is 10.1. The Balaban J connectivity index is -0.000000251. The van der Waals surface area contributed by atoms with Gasteiger partial charge in [-0.25, -0.2) is 0 Å². The number of hydrogen-bond acceptors (Lipinski definition) is 2. The van der Waals surface area contributed by atoms with E-state index in [-0.39, 0.29) is 17.0 Å². The molecule has 5 heteroatoms. The topological polar surface area (TPSA) is 40.1 Å². The second kappa shape index (κ2) is 32.1. The van der Waals surface area contributed by atoms with Gasteiger partial charge in [-0.2, -0.15) is 0 Å². The Morgan fingerprint density at radius 3 is 0.784 bits per heavy atom. The number of aliphatic carboxylic acids is 1.